The smallest absolute Gasteiger partial charge is 0.275 e. The Morgan fingerprint density at radius 3 is 2.20 bits per heavy atom. The van der Waals surface area contributed by atoms with Crippen LogP contribution in [0.1, 0.15) is 0 Å². The summed E-state index contributed by atoms with van der Waals surface area (Å²) < 4.78 is 0. The highest BCUT2D eigenvalue weighted by atomic mass is 16.7. The molecule has 1 amide bonds. The summed E-state index contributed by atoms with van der Waals surface area (Å²) in [5.41, 5.74) is 0. The molecule has 1 aliphatic heterocycles. The van der Waals surface area contributed by atoms with Crippen LogP contribution in [0.3, 0.4) is 0 Å². The molecule has 0 atom stereocenters. The molecule has 0 bridgehead atoms. The SMILES string of the molecule is O=C1N=NO1. The number of amides is 1. The van der Waals surface area contributed by atoms with Crippen LogP contribution in [-0.4, -0.2) is 6.09 Å². The fourth-order valence-corrected chi connectivity index (χ4v) is 0.0742. The average molecular weight is 72.0 g/mol. The van der Waals surface area contributed by atoms with Gasteiger partial charge in [0.15, 0.2) is 0 Å². The van der Waals surface area contributed by atoms with Gasteiger partial charge in [-0.1, -0.05) is 0 Å². The van der Waals surface area contributed by atoms with Gasteiger partial charge in [0.05, 0.1) is 0 Å². The van der Waals surface area contributed by atoms with Crippen molar-refractivity contribution in [3.05, 3.63) is 0 Å². The van der Waals surface area contributed by atoms with E-state index in [1.54, 1.807) is 0 Å². The van der Waals surface area contributed by atoms with E-state index in [1.807, 2.05) is 0 Å². The van der Waals surface area contributed by atoms with Crippen LogP contribution in [0.25, 0.3) is 0 Å². The van der Waals surface area contributed by atoms with Crippen LogP contribution in [0.2, 0.25) is 0 Å². The molecule has 0 N–H and O–H groups in total. The van der Waals surface area contributed by atoms with Gasteiger partial charge in [-0.05, 0) is 5.11 Å². The summed E-state index contributed by atoms with van der Waals surface area (Å²) in [6.07, 6.45) is -0.606. The van der Waals surface area contributed by atoms with Crippen molar-refractivity contribution in [3.63, 3.8) is 0 Å². The zero-order chi connectivity index (χ0) is 3.70. The second kappa shape index (κ2) is 0.512. The quantitative estimate of drug-likeness (QED) is 0.418. The van der Waals surface area contributed by atoms with Crippen LogP contribution >= 0.6 is 0 Å². The van der Waals surface area contributed by atoms with Crippen molar-refractivity contribution in [3.8, 4) is 0 Å². The summed E-state index contributed by atoms with van der Waals surface area (Å²) in [6.45, 7) is 0. The minimum Gasteiger partial charge on any atom is -0.275 e. The van der Waals surface area contributed by atoms with Crippen molar-refractivity contribution < 1.29 is 9.63 Å². The molecule has 0 saturated carbocycles. The third-order valence-electron chi connectivity index (χ3n) is 0.241. The first-order valence-electron chi connectivity index (χ1n) is 1.01. The number of carbonyl (C=O) groups is 1. The monoisotopic (exact) mass is 72.0 g/mol. The molecule has 0 spiro atoms. The van der Waals surface area contributed by atoms with Crippen molar-refractivity contribution >= 4 is 6.09 Å². The maximum Gasteiger partial charge on any atom is 0.482 e. The molecule has 0 fully saturated rings. The molecule has 0 radical (unpaired) electrons. The third kappa shape index (κ3) is 0.137. The van der Waals surface area contributed by atoms with Gasteiger partial charge in [0.1, 0.15) is 0 Å². The Labute approximate surface area is 27.4 Å². The van der Waals surface area contributed by atoms with Gasteiger partial charge in [-0.3, -0.25) is 4.84 Å². The Morgan fingerprint density at radius 2 is 2.20 bits per heavy atom. The molecule has 0 aliphatic carbocycles. The lowest BCUT2D eigenvalue weighted by atomic mass is 11.2. The van der Waals surface area contributed by atoms with E-state index >= 15 is 0 Å². The maximum atomic E-state index is 9.42. The van der Waals surface area contributed by atoms with E-state index in [4.69, 9.17) is 0 Å². The van der Waals surface area contributed by atoms with Crippen molar-refractivity contribution in [2.75, 3.05) is 0 Å². The molecular weight excluding hydrogens is 72.0 g/mol. The molecule has 1 rings (SSSR count). The second-order valence-corrected chi connectivity index (χ2v) is 0.539. The minimum absolute atomic E-state index is 0.606. The van der Waals surface area contributed by atoms with E-state index in [-0.39, 0.29) is 0 Å². The highest BCUT2D eigenvalue weighted by Crippen LogP contribution is 1.95. The Bertz CT molecular complexity index is 85.6. The molecule has 4 nitrogen and oxygen atoms in total. The summed E-state index contributed by atoms with van der Waals surface area (Å²) in [4.78, 5) is 13.2. The summed E-state index contributed by atoms with van der Waals surface area (Å²) in [7, 11) is 0. The number of hydrogen-bond donors (Lipinski definition) is 0. The minimum atomic E-state index is -0.606. The van der Waals surface area contributed by atoms with Crippen LogP contribution in [0.15, 0.2) is 10.4 Å². The highest BCUT2D eigenvalue weighted by Gasteiger charge is 2.05. The molecule has 0 aromatic carbocycles. The largest absolute Gasteiger partial charge is 0.482 e. The van der Waals surface area contributed by atoms with Gasteiger partial charge in [0.2, 0.25) is 0 Å². The Balaban J connectivity index is 2.71. The normalized spacial score (nSPS) is 17.2. The molecule has 1 heterocycles. The molecule has 1 aliphatic rings. The lowest BCUT2D eigenvalue weighted by Gasteiger charge is -1.90. The molecule has 0 aromatic rings. The zero-order valence-electron chi connectivity index (χ0n) is 2.21. The maximum absolute atomic E-state index is 9.42. The number of rotatable bonds is 0. The standard InChI is InChI=1S/CN2O2/c4-1-2-3-5-1. The predicted octanol–water partition coefficient (Wildman–Crippen LogP) is 0.504. The van der Waals surface area contributed by atoms with Gasteiger partial charge in [-0.2, -0.15) is 0 Å². The third-order valence-corrected chi connectivity index (χ3v) is 0.241. The molecule has 5 heavy (non-hydrogen) atoms. The molecule has 4 heteroatoms. The fraction of sp³-hybridized carbons (Fsp3) is 0. The van der Waals surface area contributed by atoms with Crippen LogP contribution in [0, 0.1) is 0 Å². The lowest BCUT2D eigenvalue weighted by molar-refractivity contribution is 0.111. The molecular formula is CN2O2. The summed E-state index contributed by atoms with van der Waals surface area (Å²) in [6, 6.07) is 0. The Hall–Kier alpha value is -0.930. The second-order valence-electron chi connectivity index (χ2n) is 0.539. The zero-order valence-corrected chi connectivity index (χ0v) is 2.21. The van der Waals surface area contributed by atoms with E-state index in [0.717, 1.165) is 0 Å². The first-order chi connectivity index (χ1) is 2.39. The van der Waals surface area contributed by atoms with Gasteiger partial charge >= 0.3 is 6.09 Å². The van der Waals surface area contributed by atoms with E-state index < -0.39 is 6.09 Å². The molecule has 26 valence electrons. The predicted molar refractivity (Wildman–Crippen MR) is 11.3 cm³/mol. The molecule has 0 aromatic heterocycles. The van der Waals surface area contributed by atoms with E-state index in [9.17, 15) is 4.79 Å². The molecule has 0 saturated heterocycles. The topological polar surface area (TPSA) is 51.0 Å². The molecule has 0 unspecified atom stereocenters. The first-order valence-corrected chi connectivity index (χ1v) is 1.01. The van der Waals surface area contributed by atoms with Crippen LogP contribution in [0.5, 0.6) is 0 Å². The highest BCUT2D eigenvalue weighted by molar-refractivity contribution is 5.69. The summed E-state index contributed by atoms with van der Waals surface area (Å²) in [5, 5.41) is 5.61. The van der Waals surface area contributed by atoms with Gasteiger partial charge in [-0.25, -0.2) is 4.79 Å². The fourth-order valence-electron chi connectivity index (χ4n) is 0.0742. The van der Waals surface area contributed by atoms with Crippen molar-refractivity contribution in [2.24, 2.45) is 10.4 Å². The first kappa shape index (κ1) is 2.32. The van der Waals surface area contributed by atoms with E-state index in [1.165, 1.54) is 0 Å². The number of carbonyl (C=O) groups excluding carboxylic acids is 1. The number of hydrogen-bond acceptors (Lipinski definition) is 3. The van der Waals surface area contributed by atoms with E-state index in [0.29, 0.717) is 0 Å². The van der Waals surface area contributed by atoms with Crippen molar-refractivity contribution in [2.45, 2.75) is 0 Å². The van der Waals surface area contributed by atoms with Crippen LogP contribution in [0.4, 0.5) is 4.79 Å². The summed E-state index contributed by atoms with van der Waals surface area (Å²) in [5.74, 6) is 0. The van der Waals surface area contributed by atoms with Gasteiger partial charge < -0.3 is 0 Å². The van der Waals surface area contributed by atoms with Gasteiger partial charge in [0.25, 0.3) is 0 Å². The van der Waals surface area contributed by atoms with Gasteiger partial charge in [0, 0.05) is 5.28 Å². The van der Waals surface area contributed by atoms with Crippen LogP contribution in [-0.2, 0) is 4.84 Å². The van der Waals surface area contributed by atoms with Crippen molar-refractivity contribution in [1.29, 1.82) is 0 Å². The van der Waals surface area contributed by atoms with Crippen molar-refractivity contribution in [1.82, 2.24) is 0 Å². The van der Waals surface area contributed by atoms with E-state index in [2.05, 4.69) is 15.2 Å². The van der Waals surface area contributed by atoms with Crippen LogP contribution < -0.4 is 0 Å². The Morgan fingerprint density at radius 1 is 1.80 bits per heavy atom. The Kier molecular flexibility index (Phi) is 0.237. The summed E-state index contributed by atoms with van der Waals surface area (Å²) >= 11 is 0. The lowest BCUT2D eigenvalue weighted by Crippen LogP contribution is -1.98. The van der Waals surface area contributed by atoms with Gasteiger partial charge in [-0.15, -0.1) is 0 Å². The average Bonchev–Trinajstić information content (AvgIpc) is 1.30. The number of nitrogens with zero attached hydrogens (tertiary/aromatic N) is 2.